The quantitative estimate of drug-likeness (QED) is 0.0482. The Morgan fingerprint density at radius 1 is 0.594 bits per heavy atom. The smallest absolute Gasteiger partial charge is 0.330 e. The van der Waals surface area contributed by atoms with Gasteiger partial charge in [-0.15, -0.1) is 0 Å². The first-order valence-electron chi connectivity index (χ1n) is 21.7. The van der Waals surface area contributed by atoms with E-state index in [1.54, 1.807) is 7.11 Å². The summed E-state index contributed by atoms with van der Waals surface area (Å²) in [6.45, 7) is 5.38. The zero-order valence-electron chi connectivity index (χ0n) is 35.7. The summed E-state index contributed by atoms with van der Waals surface area (Å²) < 4.78 is 39.7. The van der Waals surface area contributed by atoms with Crippen molar-refractivity contribution in [2.24, 2.45) is 5.92 Å². The molecule has 0 radical (unpaired) electrons. The first-order valence-corrected chi connectivity index (χ1v) is 21.7. The average Bonchev–Trinajstić information content (AvgIpc) is 3.64. The molecular weight excluding hydrogens is 809 g/mol. The predicted octanol–water partition coefficient (Wildman–Crippen LogP) is 8.52. The van der Waals surface area contributed by atoms with E-state index < -0.39 is 28.9 Å². The van der Waals surface area contributed by atoms with E-state index in [4.69, 9.17) is 33.2 Å². The molecule has 0 amide bonds. The number of esters is 2. The zero-order valence-corrected chi connectivity index (χ0v) is 35.7. The van der Waals surface area contributed by atoms with Crippen LogP contribution in [0.1, 0.15) is 56.8 Å². The van der Waals surface area contributed by atoms with E-state index in [0.29, 0.717) is 44.3 Å². The predicted molar refractivity (Wildman–Crippen MR) is 241 cm³/mol. The fourth-order valence-electron chi connectivity index (χ4n) is 9.90. The van der Waals surface area contributed by atoms with Gasteiger partial charge < -0.3 is 38.3 Å². The molecule has 0 aliphatic heterocycles. The Labute approximate surface area is 372 Å². The molecular formula is C54H50O10. The summed E-state index contributed by atoms with van der Waals surface area (Å²) >= 11 is 0. The van der Waals surface area contributed by atoms with E-state index in [9.17, 15) is 14.7 Å². The SMILES string of the molecule is C=CC(=O)OCCOCCOc1ccc(C2(c3ccc(OCCOCCOC(=O)C4CC5c6ccccc6C4(O)c4ccc(OC)cc45)cc3)c3ccccc3-c3ccccc32)cc1. The first-order chi connectivity index (χ1) is 31.4. The Balaban J connectivity index is 0.813. The van der Waals surface area contributed by atoms with E-state index >= 15 is 0 Å². The standard InChI is InChI=1S/C54H50O10/c1-3-51(55)63-32-28-59-26-30-61-38-20-16-36(17-21-38)53(46-13-7-4-10-41(46)42-11-5-8-14-47(42)53)37-18-22-39(23-19-37)62-31-27-60-29-33-64-52(56)50-35-44-43-12-6-9-15-48(43)54(50,57)49-25-24-40(58-2)34-45(44)49/h3-25,34,44,50,57H,1,26-33,35H2,2H3. The van der Waals surface area contributed by atoms with Gasteiger partial charge in [0.2, 0.25) is 0 Å². The molecule has 2 bridgehead atoms. The molecule has 0 fully saturated rings. The molecule has 10 rings (SSSR count). The lowest BCUT2D eigenvalue weighted by atomic mass is 9.56. The molecule has 3 atom stereocenters. The van der Waals surface area contributed by atoms with Gasteiger partial charge in [-0.2, -0.15) is 0 Å². The van der Waals surface area contributed by atoms with Crippen molar-refractivity contribution in [3.05, 3.63) is 197 Å². The van der Waals surface area contributed by atoms with Gasteiger partial charge in [-0.25, -0.2) is 4.79 Å². The van der Waals surface area contributed by atoms with Crippen LogP contribution in [0.15, 0.2) is 152 Å². The van der Waals surface area contributed by atoms with Crippen molar-refractivity contribution in [2.75, 3.05) is 60.0 Å². The highest BCUT2D eigenvalue weighted by Crippen LogP contribution is 2.59. The third-order valence-corrected chi connectivity index (χ3v) is 12.7. The fraction of sp³-hybridized carbons (Fsp3) is 0.259. The maximum Gasteiger partial charge on any atom is 0.330 e. The first kappa shape index (κ1) is 42.6. The van der Waals surface area contributed by atoms with E-state index in [-0.39, 0.29) is 32.3 Å². The number of benzene rings is 6. The zero-order chi connectivity index (χ0) is 44.1. The maximum absolute atomic E-state index is 13.6. The van der Waals surface area contributed by atoms with Crippen molar-refractivity contribution < 1.29 is 47.9 Å². The Morgan fingerprint density at radius 3 is 1.67 bits per heavy atom. The molecule has 0 saturated carbocycles. The number of carbonyl (C=O) groups is 2. The topological polar surface area (TPSA) is 119 Å². The van der Waals surface area contributed by atoms with Crippen LogP contribution in [0.2, 0.25) is 0 Å². The Kier molecular flexibility index (Phi) is 12.3. The minimum absolute atomic E-state index is 0.0505. The van der Waals surface area contributed by atoms with Crippen LogP contribution in [0.4, 0.5) is 0 Å². The number of rotatable bonds is 19. The highest BCUT2D eigenvalue weighted by molar-refractivity contribution is 5.86. The molecule has 0 spiro atoms. The molecule has 6 aromatic rings. The van der Waals surface area contributed by atoms with Gasteiger partial charge in [0.15, 0.2) is 0 Å². The number of aliphatic hydroxyl groups is 1. The summed E-state index contributed by atoms with van der Waals surface area (Å²) in [5.41, 5.74) is 8.36. The molecule has 1 N–H and O–H groups in total. The minimum atomic E-state index is -1.50. The number of methoxy groups -OCH3 is 1. The molecule has 3 unspecified atom stereocenters. The van der Waals surface area contributed by atoms with Crippen molar-refractivity contribution in [3.8, 4) is 28.4 Å². The van der Waals surface area contributed by atoms with Gasteiger partial charge in [0.25, 0.3) is 0 Å². The van der Waals surface area contributed by atoms with Gasteiger partial charge in [0.1, 0.15) is 49.3 Å². The molecule has 326 valence electrons. The summed E-state index contributed by atoms with van der Waals surface area (Å²) in [6.07, 6.45) is 1.57. The second kappa shape index (κ2) is 18.6. The second-order valence-corrected chi connectivity index (χ2v) is 16.0. The van der Waals surface area contributed by atoms with Crippen molar-refractivity contribution in [2.45, 2.75) is 23.4 Å². The summed E-state index contributed by atoms with van der Waals surface area (Å²) in [7, 11) is 1.62. The highest BCUT2D eigenvalue weighted by Gasteiger charge is 2.57. The Hall–Kier alpha value is -6.72. The monoisotopic (exact) mass is 858 g/mol. The van der Waals surface area contributed by atoms with Crippen molar-refractivity contribution in [1.29, 1.82) is 0 Å². The van der Waals surface area contributed by atoms with Crippen LogP contribution in [0, 0.1) is 5.92 Å². The van der Waals surface area contributed by atoms with Gasteiger partial charge in [0.05, 0.1) is 44.9 Å². The van der Waals surface area contributed by atoms with Crippen molar-refractivity contribution >= 4 is 11.9 Å². The van der Waals surface area contributed by atoms with Crippen LogP contribution in [0.3, 0.4) is 0 Å². The number of hydrogen-bond donors (Lipinski definition) is 1. The van der Waals surface area contributed by atoms with Crippen LogP contribution in [-0.4, -0.2) is 77.0 Å². The van der Waals surface area contributed by atoms with Crippen LogP contribution < -0.4 is 14.2 Å². The lowest BCUT2D eigenvalue weighted by molar-refractivity contribution is -0.161. The van der Waals surface area contributed by atoms with Crippen molar-refractivity contribution in [1.82, 2.24) is 0 Å². The van der Waals surface area contributed by atoms with E-state index in [1.165, 1.54) is 22.3 Å². The molecule has 10 nitrogen and oxygen atoms in total. The summed E-state index contributed by atoms with van der Waals surface area (Å²) in [5.74, 6) is 0.428. The van der Waals surface area contributed by atoms with Gasteiger partial charge in [-0.3, -0.25) is 4.79 Å². The average molecular weight is 859 g/mol. The van der Waals surface area contributed by atoms with Gasteiger partial charge in [-0.05, 0) is 98.5 Å². The van der Waals surface area contributed by atoms with Gasteiger partial charge in [0, 0.05) is 12.0 Å². The normalized spacial score (nSPS) is 18.2. The van der Waals surface area contributed by atoms with E-state index in [0.717, 1.165) is 45.2 Å². The lowest BCUT2D eigenvalue weighted by Crippen LogP contribution is -2.50. The number of fused-ring (bicyclic) bond motifs is 4. The summed E-state index contributed by atoms with van der Waals surface area (Å²) in [5, 5.41) is 12.3. The van der Waals surface area contributed by atoms with E-state index in [1.807, 2.05) is 66.7 Å². The Bertz CT molecular complexity index is 2590. The fourth-order valence-corrected chi connectivity index (χ4v) is 9.90. The third-order valence-electron chi connectivity index (χ3n) is 12.7. The van der Waals surface area contributed by atoms with Crippen LogP contribution in [-0.2, 0) is 39.6 Å². The van der Waals surface area contributed by atoms with Gasteiger partial charge >= 0.3 is 11.9 Å². The highest BCUT2D eigenvalue weighted by atomic mass is 16.6. The third kappa shape index (κ3) is 7.72. The summed E-state index contributed by atoms with van der Waals surface area (Å²) in [6, 6.07) is 47.0. The van der Waals surface area contributed by atoms with Crippen molar-refractivity contribution in [3.63, 3.8) is 0 Å². The minimum Gasteiger partial charge on any atom is -0.497 e. The number of ether oxygens (including phenoxy) is 7. The van der Waals surface area contributed by atoms with Gasteiger partial charge in [-0.1, -0.05) is 110 Å². The van der Waals surface area contributed by atoms with Crippen LogP contribution in [0.5, 0.6) is 17.2 Å². The summed E-state index contributed by atoms with van der Waals surface area (Å²) in [4.78, 5) is 24.8. The second-order valence-electron chi connectivity index (χ2n) is 16.0. The number of carbonyl (C=O) groups excluding carboxylic acids is 2. The van der Waals surface area contributed by atoms with Crippen LogP contribution >= 0.6 is 0 Å². The molecule has 6 aromatic carbocycles. The molecule has 4 aliphatic carbocycles. The maximum atomic E-state index is 13.6. The van der Waals surface area contributed by atoms with E-state index in [2.05, 4.69) is 79.4 Å². The Morgan fingerprint density at radius 2 is 1.09 bits per heavy atom. The molecule has 0 aromatic heterocycles. The molecule has 0 saturated heterocycles. The molecule has 64 heavy (non-hydrogen) atoms. The molecule has 0 heterocycles. The van der Waals surface area contributed by atoms with Crippen LogP contribution in [0.25, 0.3) is 11.1 Å². The lowest BCUT2D eigenvalue weighted by Gasteiger charge is -2.50. The number of hydrogen-bond acceptors (Lipinski definition) is 10. The molecule has 10 heteroatoms. The molecule has 4 aliphatic rings. The largest absolute Gasteiger partial charge is 0.497 e.